The fraction of sp³-hybridized carbons (Fsp3) is 0.571. The Hall–Kier alpha value is -1.52. The molecule has 1 aromatic carbocycles. The van der Waals surface area contributed by atoms with Gasteiger partial charge in [0.25, 0.3) is 5.56 Å². The molecule has 4 rings (SSSR count). The fourth-order valence-corrected chi connectivity index (χ4v) is 4.73. The van der Waals surface area contributed by atoms with Crippen molar-refractivity contribution in [1.29, 1.82) is 0 Å². The summed E-state index contributed by atoms with van der Waals surface area (Å²) in [5.74, 6) is 0.677. The summed E-state index contributed by atoms with van der Waals surface area (Å²) in [7, 11) is 0. The molecule has 140 valence electrons. The molecule has 26 heavy (non-hydrogen) atoms. The maximum absolute atomic E-state index is 11.9. The SMILES string of the molecule is CC[C@]1(CC2(N)CC2)CC[C@H](Oc2cc3cc[nH]c(=O)c3cc2Cl)CC1. The summed E-state index contributed by atoms with van der Waals surface area (Å²) in [6, 6.07) is 5.46. The van der Waals surface area contributed by atoms with Gasteiger partial charge in [0.2, 0.25) is 0 Å². The lowest BCUT2D eigenvalue weighted by Crippen LogP contribution is -2.38. The minimum absolute atomic E-state index is 0.110. The Labute approximate surface area is 159 Å². The van der Waals surface area contributed by atoms with E-state index in [0.29, 0.717) is 21.6 Å². The van der Waals surface area contributed by atoms with Crippen LogP contribution in [-0.4, -0.2) is 16.6 Å². The summed E-state index contributed by atoms with van der Waals surface area (Å²) in [6.45, 7) is 2.30. The van der Waals surface area contributed by atoms with Crippen LogP contribution < -0.4 is 16.0 Å². The van der Waals surface area contributed by atoms with Gasteiger partial charge in [0, 0.05) is 17.1 Å². The van der Waals surface area contributed by atoms with Crippen LogP contribution >= 0.6 is 11.6 Å². The number of fused-ring (bicyclic) bond motifs is 1. The first-order valence-electron chi connectivity index (χ1n) is 9.69. The lowest BCUT2D eigenvalue weighted by Gasteiger charge is -2.41. The van der Waals surface area contributed by atoms with Crippen molar-refractivity contribution in [3.05, 3.63) is 39.8 Å². The third-order valence-corrected chi connectivity index (χ3v) is 6.78. The van der Waals surface area contributed by atoms with Gasteiger partial charge < -0.3 is 15.5 Å². The molecule has 0 saturated heterocycles. The fourth-order valence-electron chi connectivity index (χ4n) is 4.52. The molecule has 0 unspecified atom stereocenters. The zero-order valence-electron chi connectivity index (χ0n) is 15.3. The lowest BCUT2D eigenvalue weighted by atomic mass is 9.67. The highest BCUT2D eigenvalue weighted by molar-refractivity contribution is 6.32. The first kappa shape index (κ1) is 17.9. The second-order valence-electron chi connectivity index (χ2n) is 8.39. The molecule has 0 radical (unpaired) electrons. The quantitative estimate of drug-likeness (QED) is 0.791. The summed E-state index contributed by atoms with van der Waals surface area (Å²) >= 11 is 6.38. The molecule has 0 bridgehead atoms. The molecule has 0 atom stereocenters. The van der Waals surface area contributed by atoms with Crippen LogP contribution in [0.25, 0.3) is 10.8 Å². The predicted molar refractivity (Wildman–Crippen MR) is 106 cm³/mol. The van der Waals surface area contributed by atoms with E-state index in [1.807, 2.05) is 12.1 Å². The molecule has 0 amide bonds. The van der Waals surface area contributed by atoms with E-state index in [1.165, 1.54) is 19.3 Å². The molecule has 1 aromatic heterocycles. The van der Waals surface area contributed by atoms with Gasteiger partial charge >= 0.3 is 0 Å². The Morgan fingerprint density at radius 3 is 2.65 bits per heavy atom. The van der Waals surface area contributed by atoms with E-state index >= 15 is 0 Å². The molecule has 2 saturated carbocycles. The van der Waals surface area contributed by atoms with Crippen LogP contribution in [0.2, 0.25) is 5.02 Å². The van der Waals surface area contributed by atoms with Gasteiger partial charge in [-0.3, -0.25) is 4.79 Å². The van der Waals surface area contributed by atoms with E-state index in [4.69, 9.17) is 22.1 Å². The normalized spacial score (nSPS) is 27.4. The number of nitrogens with one attached hydrogen (secondary N) is 1. The number of aromatic amines is 1. The van der Waals surface area contributed by atoms with Gasteiger partial charge in [-0.1, -0.05) is 24.9 Å². The van der Waals surface area contributed by atoms with Crippen molar-refractivity contribution < 1.29 is 4.74 Å². The second-order valence-corrected chi connectivity index (χ2v) is 8.79. The van der Waals surface area contributed by atoms with Crippen molar-refractivity contribution in [2.45, 2.75) is 69.9 Å². The molecule has 4 nitrogen and oxygen atoms in total. The second kappa shape index (κ2) is 6.58. The van der Waals surface area contributed by atoms with Gasteiger partial charge in [0.1, 0.15) is 5.75 Å². The Balaban J connectivity index is 1.46. The van der Waals surface area contributed by atoms with Crippen molar-refractivity contribution in [3.63, 3.8) is 0 Å². The number of ether oxygens (including phenoxy) is 1. The zero-order chi connectivity index (χ0) is 18.4. The number of hydrogen-bond acceptors (Lipinski definition) is 3. The van der Waals surface area contributed by atoms with Gasteiger partial charge in [0.05, 0.1) is 11.1 Å². The third kappa shape index (κ3) is 3.49. The molecular weight excluding hydrogens is 348 g/mol. The molecule has 2 fully saturated rings. The van der Waals surface area contributed by atoms with E-state index in [-0.39, 0.29) is 17.2 Å². The van der Waals surface area contributed by atoms with E-state index in [9.17, 15) is 4.79 Å². The maximum atomic E-state index is 11.9. The van der Waals surface area contributed by atoms with Gasteiger partial charge in [-0.05, 0) is 73.9 Å². The Morgan fingerprint density at radius 2 is 2.00 bits per heavy atom. The first-order valence-corrected chi connectivity index (χ1v) is 10.1. The van der Waals surface area contributed by atoms with Gasteiger partial charge in [-0.2, -0.15) is 0 Å². The number of nitrogens with two attached hydrogens (primary N) is 1. The summed E-state index contributed by atoms with van der Waals surface area (Å²) < 4.78 is 6.24. The Morgan fingerprint density at radius 1 is 1.27 bits per heavy atom. The molecule has 0 aliphatic heterocycles. The number of benzene rings is 1. The van der Waals surface area contributed by atoms with Crippen molar-refractivity contribution in [1.82, 2.24) is 4.98 Å². The van der Waals surface area contributed by atoms with E-state index in [0.717, 1.165) is 37.5 Å². The number of hydrogen-bond donors (Lipinski definition) is 2. The van der Waals surface area contributed by atoms with Crippen molar-refractivity contribution >= 4 is 22.4 Å². The Bertz CT molecular complexity index is 864. The summed E-state index contributed by atoms with van der Waals surface area (Å²) in [4.78, 5) is 14.6. The molecule has 2 aliphatic rings. The largest absolute Gasteiger partial charge is 0.489 e. The van der Waals surface area contributed by atoms with Crippen LogP contribution in [0.15, 0.2) is 29.2 Å². The average Bonchev–Trinajstić information content (AvgIpc) is 3.35. The average molecular weight is 375 g/mol. The topological polar surface area (TPSA) is 68.1 Å². The number of H-pyrrole nitrogens is 1. The van der Waals surface area contributed by atoms with Crippen LogP contribution in [0.3, 0.4) is 0 Å². The summed E-state index contributed by atoms with van der Waals surface area (Å²) in [5.41, 5.74) is 6.77. The molecule has 3 N–H and O–H groups in total. The minimum atomic E-state index is -0.128. The smallest absolute Gasteiger partial charge is 0.255 e. The van der Waals surface area contributed by atoms with Crippen LogP contribution in [0.4, 0.5) is 0 Å². The highest BCUT2D eigenvalue weighted by Crippen LogP contribution is 2.51. The first-order chi connectivity index (χ1) is 12.4. The highest BCUT2D eigenvalue weighted by atomic mass is 35.5. The van der Waals surface area contributed by atoms with Crippen molar-refractivity contribution in [2.75, 3.05) is 0 Å². The van der Waals surface area contributed by atoms with Crippen LogP contribution in [-0.2, 0) is 0 Å². The van der Waals surface area contributed by atoms with E-state index in [1.54, 1.807) is 12.3 Å². The molecule has 2 aliphatic carbocycles. The zero-order valence-corrected chi connectivity index (χ0v) is 16.1. The summed E-state index contributed by atoms with van der Waals surface area (Å²) in [5, 5.41) is 1.95. The minimum Gasteiger partial charge on any atom is -0.489 e. The van der Waals surface area contributed by atoms with E-state index < -0.39 is 0 Å². The Kier molecular flexibility index (Phi) is 4.52. The number of pyridine rings is 1. The molecular formula is C21H27ClN2O2. The van der Waals surface area contributed by atoms with Gasteiger partial charge in [-0.25, -0.2) is 0 Å². The maximum Gasteiger partial charge on any atom is 0.255 e. The molecule has 0 spiro atoms. The standard InChI is InChI=1S/C21H27ClN2O2/c1-2-20(13-21(23)8-9-21)6-3-15(4-7-20)26-18-11-14-5-10-24-19(25)16(14)12-17(18)22/h5,10-12,15H,2-4,6-9,13,23H2,1H3,(H,24,25)/t15-,20-. The number of rotatable bonds is 5. The van der Waals surface area contributed by atoms with Gasteiger partial charge in [-0.15, -0.1) is 0 Å². The third-order valence-electron chi connectivity index (χ3n) is 6.48. The molecule has 1 heterocycles. The van der Waals surface area contributed by atoms with Crippen LogP contribution in [0.5, 0.6) is 5.75 Å². The monoisotopic (exact) mass is 374 g/mol. The number of halogens is 1. The van der Waals surface area contributed by atoms with Crippen LogP contribution in [0.1, 0.15) is 58.3 Å². The van der Waals surface area contributed by atoms with Crippen LogP contribution in [0, 0.1) is 5.41 Å². The van der Waals surface area contributed by atoms with Gasteiger partial charge in [0.15, 0.2) is 0 Å². The van der Waals surface area contributed by atoms with Crippen molar-refractivity contribution in [2.24, 2.45) is 11.1 Å². The molecule has 2 aromatic rings. The molecule has 5 heteroatoms. The number of aromatic nitrogens is 1. The van der Waals surface area contributed by atoms with Crippen molar-refractivity contribution in [3.8, 4) is 5.75 Å². The summed E-state index contributed by atoms with van der Waals surface area (Å²) in [6.07, 6.45) is 10.9. The highest BCUT2D eigenvalue weighted by Gasteiger charge is 2.46. The van der Waals surface area contributed by atoms with E-state index in [2.05, 4.69) is 11.9 Å². The predicted octanol–water partition coefficient (Wildman–Crippen LogP) is 4.78. The lowest BCUT2D eigenvalue weighted by molar-refractivity contribution is 0.0633.